The third-order valence-corrected chi connectivity index (χ3v) is 4.01. The van der Waals surface area contributed by atoms with Crippen LogP contribution in [0.15, 0.2) is 12.3 Å². The van der Waals surface area contributed by atoms with Crippen molar-refractivity contribution in [2.45, 2.75) is 38.8 Å². The van der Waals surface area contributed by atoms with Gasteiger partial charge in [0.2, 0.25) is 0 Å². The summed E-state index contributed by atoms with van der Waals surface area (Å²) >= 11 is 0. The number of aromatic nitrogens is 3. The van der Waals surface area contributed by atoms with E-state index in [1.54, 1.807) is 4.90 Å². The summed E-state index contributed by atoms with van der Waals surface area (Å²) in [5.74, 6) is -0.298. The molecule has 0 N–H and O–H groups in total. The van der Waals surface area contributed by atoms with Crippen molar-refractivity contribution >= 4 is 11.6 Å². The van der Waals surface area contributed by atoms with Gasteiger partial charge in [0.05, 0.1) is 6.20 Å². The molecule has 0 aliphatic carbocycles. The summed E-state index contributed by atoms with van der Waals surface area (Å²) in [6, 6.07) is 0.931. The Morgan fingerprint density at radius 1 is 1.17 bits per heavy atom. The molecular weight excluding hydrogens is 309 g/mol. The first-order valence-corrected chi connectivity index (χ1v) is 7.60. The van der Waals surface area contributed by atoms with Crippen LogP contribution < -0.4 is 0 Å². The first-order chi connectivity index (χ1) is 10.9. The SMILES string of the molecule is Cc1cc(C(F)(F)F)n2ncc(C(=O)N3CCCCCC3)c2n1. The fraction of sp³-hybridized carbons (Fsp3) is 0.533. The predicted molar refractivity (Wildman–Crippen MR) is 77.1 cm³/mol. The fourth-order valence-electron chi connectivity index (χ4n) is 2.88. The van der Waals surface area contributed by atoms with Gasteiger partial charge in [-0.1, -0.05) is 12.8 Å². The Kier molecular flexibility index (Phi) is 3.99. The zero-order chi connectivity index (χ0) is 16.6. The molecule has 23 heavy (non-hydrogen) atoms. The molecule has 2 aromatic rings. The van der Waals surface area contributed by atoms with E-state index in [1.807, 2.05) is 0 Å². The van der Waals surface area contributed by atoms with Crippen LogP contribution in [-0.4, -0.2) is 38.5 Å². The van der Waals surface area contributed by atoms with Crippen molar-refractivity contribution in [3.8, 4) is 0 Å². The van der Waals surface area contributed by atoms with Crippen LogP contribution in [0.3, 0.4) is 0 Å². The van der Waals surface area contributed by atoms with Gasteiger partial charge in [0, 0.05) is 18.8 Å². The number of aryl methyl sites for hydroxylation is 1. The zero-order valence-electron chi connectivity index (χ0n) is 12.7. The summed E-state index contributed by atoms with van der Waals surface area (Å²) in [5, 5.41) is 3.75. The molecule has 3 heterocycles. The molecule has 1 fully saturated rings. The highest BCUT2D eigenvalue weighted by Crippen LogP contribution is 2.30. The second kappa shape index (κ2) is 5.82. The number of rotatable bonds is 1. The van der Waals surface area contributed by atoms with Crippen LogP contribution in [0.4, 0.5) is 13.2 Å². The standard InChI is InChI=1S/C15H17F3N4O/c1-10-8-12(15(16,17)18)22-13(20-10)11(9-19-22)14(23)21-6-4-2-3-5-7-21/h8-9H,2-7H2,1H3. The van der Waals surface area contributed by atoms with Crippen molar-refractivity contribution in [1.82, 2.24) is 19.5 Å². The molecule has 1 saturated heterocycles. The average molecular weight is 326 g/mol. The number of carbonyl (C=O) groups is 1. The first kappa shape index (κ1) is 15.8. The summed E-state index contributed by atoms with van der Waals surface area (Å²) in [5.41, 5.74) is -0.627. The molecule has 2 aromatic heterocycles. The first-order valence-electron chi connectivity index (χ1n) is 7.60. The van der Waals surface area contributed by atoms with Gasteiger partial charge in [0.15, 0.2) is 5.65 Å². The lowest BCUT2D eigenvalue weighted by molar-refractivity contribution is -0.142. The minimum absolute atomic E-state index is 0.0356. The number of fused-ring (bicyclic) bond motifs is 1. The quantitative estimate of drug-likeness (QED) is 0.809. The largest absolute Gasteiger partial charge is 0.433 e. The summed E-state index contributed by atoms with van der Waals surface area (Å²) in [6.45, 7) is 2.71. The topological polar surface area (TPSA) is 50.5 Å². The maximum atomic E-state index is 13.1. The Labute approximate surface area is 131 Å². The zero-order valence-corrected chi connectivity index (χ0v) is 12.7. The minimum atomic E-state index is -4.55. The molecule has 0 radical (unpaired) electrons. The molecule has 1 aliphatic rings. The van der Waals surface area contributed by atoms with E-state index in [0.29, 0.717) is 17.6 Å². The van der Waals surface area contributed by atoms with Crippen LogP contribution in [0.25, 0.3) is 5.65 Å². The molecule has 8 heteroatoms. The molecule has 1 aliphatic heterocycles. The number of amides is 1. The molecule has 5 nitrogen and oxygen atoms in total. The smallest absolute Gasteiger partial charge is 0.338 e. The maximum absolute atomic E-state index is 13.1. The van der Waals surface area contributed by atoms with Crippen molar-refractivity contribution in [3.05, 3.63) is 29.2 Å². The van der Waals surface area contributed by atoms with Crippen LogP contribution in [0.5, 0.6) is 0 Å². The molecule has 3 rings (SSSR count). The number of hydrogen-bond donors (Lipinski definition) is 0. The van der Waals surface area contributed by atoms with Gasteiger partial charge in [0.25, 0.3) is 5.91 Å². The van der Waals surface area contributed by atoms with Crippen molar-refractivity contribution < 1.29 is 18.0 Å². The van der Waals surface area contributed by atoms with Crippen LogP contribution in [0.2, 0.25) is 0 Å². The summed E-state index contributed by atoms with van der Waals surface area (Å²) in [7, 11) is 0. The number of nitrogens with zero attached hydrogens (tertiary/aromatic N) is 4. The molecular formula is C15H17F3N4O. The van der Waals surface area contributed by atoms with E-state index in [-0.39, 0.29) is 22.8 Å². The van der Waals surface area contributed by atoms with E-state index >= 15 is 0 Å². The van der Waals surface area contributed by atoms with Gasteiger partial charge in [-0.2, -0.15) is 18.3 Å². The minimum Gasteiger partial charge on any atom is -0.338 e. The van der Waals surface area contributed by atoms with Gasteiger partial charge >= 0.3 is 6.18 Å². The average Bonchev–Trinajstić information content (AvgIpc) is 2.71. The third kappa shape index (κ3) is 3.02. The lowest BCUT2D eigenvalue weighted by atomic mass is 10.2. The normalized spacial score (nSPS) is 16.6. The van der Waals surface area contributed by atoms with E-state index in [0.717, 1.165) is 31.7 Å². The molecule has 1 amide bonds. The lowest BCUT2D eigenvalue weighted by Gasteiger charge is -2.19. The van der Waals surface area contributed by atoms with Gasteiger partial charge < -0.3 is 4.90 Å². The van der Waals surface area contributed by atoms with Crippen molar-refractivity contribution in [2.24, 2.45) is 0 Å². The Hall–Kier alpha value is -2.12. The van der Waals surface area contributed by atoms with Gasteiger partial charge in [0.1, 0.15) is 11.3 Å². The van der Waals surface area contributed by atoms with Gasteiger partial charge in [-0.3, -0.25) is 4.79 Å². The van der Waals surface area contributed by atoms with Crippen molar-refractivity contribution in [1.29, 1.82) is 0 Å². The van der Waals surface area contributed by atoms with Gasteiger partial charge in [-0.05, 0) is 25.8 Å². The van der Waals surface area contributed by atoms with E-state index in [4.69, 9.17) is 0 Å². The van der Waals surface area contributed by atoms with Gasteiger partial charge in [-0.15, -0.1) is 0 Å². The van der Waals surface area contributed by atoms with Crippen molar-refractivity contribution in [2.75, 3.05) is 13.1 Å². The van der Waals surface area contributed by atoms with Crippen molar-refractivity contribution in [3.63, 3.8) is 0 Å². The maximum Gasteiger partial charge on any atom is 0.433 e. The lowest BCUT2D eigenvalue weighted by Crippen LogP contribution is -2.31. The van der Waals surface area contributed by atoms with E-state index in [1.165, 1.54) is 13.1 Å². The second-order valence-corrected chi connectivity index (χ2v) is 5.78. The number of halogens is 3. The van der Waals surface area contributed by atoms with Crippen LogP contribution in [0, 0.1) is 6.92 Å². The molecule has 0 bridgehead atoms. The van der Waals surface area contributed by atoms with Crippen LogP contribution in [0.1, 0.15) is 47.4 Å². The fourth-order valence-corrected chi connectivity index (χ4v) is 2.88. The predicted octanol–water partition coefficient (Wildman–Crippen LogP) is 3.07. The Bertz CT molecular complexity index is 730. The molecule has 0 unspecified atom stereocenters. The third-order valence-electron chi connectivity index (χ3n) is 4.01. The molecule has 0 aromatic carbocycles. The summed E-state index contributed by atoms with van der Waals surface area (Å²) < 4.78 is 40.1. The number of hydrogen-bond acceptors (Lipinski definition) is 3. The Morgan fingerprint density at radius 3 is 2.43 bits per heavy atom. The van der Waals surface area contributed by atoms with E-state index in [9.17, 15) is 18.0 Å². The highest BCUT2D eigenvalue weighted by molar-refractivity contribution is 5.99. The van der Waals surface area contributed by atoms with Crippen LogP contribution >= 0.6 is 0 Å². The van der Waals surface area contributed by atoms with E-state index in [2.05, 4.69) is 10.1 Å². The molecule has 0 saturated carbocycles. The Balaban J connectivity index is 2.05. The second-order valence-electron chi connectivity index (χ2n) is 5.78. The summed E-state index contributed by atoms with van der Waals surface area (Å²) in [6.07, 6.45) is 0.573. The number of likely N-dealkylation sites (tertiary alicyclic amines) is 1. The molecule has 0 atom stereocenters. The summed E-state index contributed by atoms with van der Waals surface area (Å²) in [4.78, 5) is 18.4. The number of alkyl halides is 3. The monoisotopic (exact) mass is 326 g/mol. The highest BCUT2D eigenvalue weighted by atomic mass is 19.4. The van der Waals surface area contributed by atoms with E-state index < -0.39 is 11.9 Å². The van der Waals surface area contributed by atoms with Crippen LogP contribution in [-0.2, 0) is 6.18 Å². The number of carbonyl (C=O) groups excluding carboxylic acids is 1. The molecule has 0 spiro atoms. The molecule has 124 valence electrons. The highest BCUT2D eigenvalue weighted by Gasteiger charge is 2.35. The Morgan fingerprint density at radius 2 is 1.83 bits per heavy atom. The van der Waals surface area contributed by atoms with Gasteiger partial charge in [-0.25, -0.2) is 9.50 Å².